The molecule has 9 nitrogen and oxygen atoms in total. The number of anilines is 1. The van der Waals surface area contributed by atoms with Gasteiger partial charge in [0, 0.05) is 47.6 Å². The molecule has 1 N–H and O–H groups in total. The van der Waals surface area contributed by atoms with Crippen molar-refractivity contribution in [1.82, 2.24) is 19.9 Å². The first-order valence-electron chi connectivity index (χ1n) is 14.2. The fraction of sp³-hybridized carbons (Fsp3) is 0.114. The number of benzene rings is 3. The standard InChI is InChI=1S/C35H28N6O3S/c1-44-31-6-2-5-27(15-31)35(43)41(22-30-20-38-23-40(30)21-25-9-7-24(17-36)8-10-25)29-11-12-32-28(14-29)16-33(45-32)34(42)39-19-26-4-3-13-37-18-26/h2-16,18,20,23H,19,21-22H2,1H3,(H,39,42). The van der Waals surface area contributed by atoms with Crippen LogP contribution in [0.3, 0.4) is 0 Å². The molecule has 0 aliphatic carbocycles. The second-order valence-corrected chi connectivity index (χ2v) is 11.4. The van der Waals surface area contributed by atoms with Crippen molar-refractivity contribution >= 4 is 38.9 Å². The van der Waals surface area contributed by atoms with Gasteiger partial charge >= 0.3 is 0 Å². The van der Waals surface area contributed by atoms with Gasteiger partial charge < -0.3 is 19.5 Å². The number of carbonyl (C=O) groups is 2. The van der Waals surface area contributed by atoms with E-state index in [1.54, 1.807) is 73.3 Å². The zero-order chi connectivity index (χ0) is 31.2. The molecule has 0 bridgehead atoms. The Kier molecular flexibility index (Phi) is 8.62. The largest absolute Gasteiger partial charge is 0.497 e. The van der Waals surface area contributed by atoms with E-state index in [0.29, 0.717) is 40.5 Å². The van der Waals surface area contributed by atoms with Crippen LogP contribution in [0.25, 0.3) is 10.1 Å². The minimum Gasteiger partial charge on any atom is -0.497 e. The van der Waals surface area contributed by atoms with Crippen LogP contribution < -0.4 is 15.0 Å². The molecule has 0 spiro atoms. The Labute approximate surface area is 264 Å². The summed E-state index contributed by atoms with van der Waals surface area (Å²) in [6.07, 6.45) is 6.91. The molecule has 3 heterocycles. The van der Waals surface area contributed by atoms with Crippen molar-refractivity contribution in [3.8, 4) is 11.8 Å². The molecule has 0 atom stereocenters. The second-order valence-electron chi connectivity index (χ2n) is 10.3. The summed E-state index contributed by atoms with van der Waals surface area (Å²) < 4.78 is 8.31. The van der Waals surface area contributed by atoms with E-state index in [9.17, 15) is 9.59 Å². The third-order valence-corrected chi connectivity index (χ3v) is 8.44. The Hall–Kier alpha value is -5.79. The van der Waals surface area contributed by atoms with E-state index in [0.717, 1.165) is 26.9 Å². The second kappa shape index (κ2) is 13.2. The topological polar surface area (TPSA) is 113 Å². The highest BCUT2D eigenvalue weighted by Gasteiger charge is 2.22. The molecule has 3 aromatic heterocycles. The van der Waals surface area contributed by atoms with Gasteiger partial charge in [0.1, 0.15) is 5.75 Å². The molecule has 2 amide bonds. The number of thiophene rings is 1. The molecular formula is C35H28N6O3S. The molecule has 6 rings (SSSR count). The Morgan fingerprint density at radius 3 is 2.62 bits per heavy atom. The fourth-order valence-electron chi connectivity index (χ4n) is 4.94. The predicted octanol–water partition coefficient (Wildman–Crippen LogP) is 6.20. The first kappa shape index (κ1) is 29.3. The monoisotopic (exact) mass is 612 g/mol. The number of amides is 2. The van der Waals surface area contributed by atoms with Crippen molar-refractivity contribution in [3.05, 3.63) is 143 Å². The molecule has 222 valence electrons. The number of aromatic nitrogens is 3. The highest BCUT2D eigenvalue weighted by atomic mass is 32.1. The number of fused-ring (bicyclic) bond motifs is 1. The minimum absolute atomic E-state index is 0.169. The summed E-state index contributed by atoms with van der Waals surface area (Å²) in [5, 5.41) is 13.0. The average molecular weight is 613 g/mol. The lowest BCUT2D eigenvalue weighted by Gasteiger charge is -2.24. The number of imidazole rings is 1. The smallest absolute Gasteiger partial charge is 0.261 e. The van der Waals surface area contributed by atoms with Crippen molar-refractivity contribution in [2.24, 2.45) is 0 Å². The SMILES string of the molecule is COc1cccc(C(=O)N(Cc2cncn2Cc2ccc(C#N)cc2)c2ccc3sc(C(=O)NCc4cccnc4)cc3c2)c1. The number of ether oxygens (including phenoxy) is 1. The van der Waals surface area contributed by atoms with Crippen LogP contribution in [0, 0.1) is 11.3 Å². The maximum Gasteiger partial charge on any atom is 0.261 e. The highest BCUT2D eigenvalue weighted by molar-refractivity contribution is 7.20. The number of nitriles is 1. The van der Waals surface area contributed by atoms with Crippen LogP contribution in [0.4, 0.5) is 5.69 Å². The van der Waals surface area contributed by atoms with Crippen molar-refractivity contribution in [3.63, 3.8) is 0 Å². The number of nitrogens with one attached hydrogen (secondary N) is 1. The molecule has 0 fully saturated rings. The van der Waals surface area contributed by atoms with Crippen LogP contribution in [0.5, 0.6) is 5.75 Å². The van der Waals surface area contributed by atoms with Gasteiger partial charge in [0.25, 0.3) is 11.8 Å². The van der Waals surface area contributed by atoms with E-state index < -0.39 is 0 Å². The predicted molar refractivity (Wildman–Crippen MR) is 173 cm³/mol. The van der Waals surface area contributed by atoms with E-state index >= 15 is 0 Å². The van der Waals surface area contributed by atoms with Gasteiger partial charge in [-0.25, -0.2) is 4.98 Å². The van der Waals surface area contributed by atoms with Gasteiger partial charge in [0.15, 0.2) is 0 Å². The third kappa shape index (κ3) is 6.74. The van der Waals surface area contributed by atoms with Crippen molar-refractivity contribution in [2.75, 3.05) is 12.0 Å². The van der Waals surface area contributed by atoms with Crippen LogP contribution in [0.15, 0.2) is 110 Å². The van der Waals surface area contributed by atoms with Crippen molar-refractivity contribution in [1.29, 1.82) is 5.26 Å². The summed E-state index contributed by atoms with van der Waals surface area (Å²) in [5.41, 5.74) is 4.51. The maximum absolute atomic E-state index is 14.1. The zero-order valence-corrected chi connectivity index (χ0v) is 25.2. The number of hydrogen-bond acceptors (Lipinski definition) is 7. The van der Waals surface area contributed by atoms with Crippen LogP contribution in [0.1, 0.15) is 42.4 Å². The molecule has 0 saturated carbocycles. The summed E-state index contributed by atoms with van der Waals surface area (Å²) in [6, 6.07) is 28.0. The number of carbonyl (C=O) groups excluding carboxylic acids is 2. The summed E-state index contributed by atoms with van der Waals surface area (Å²) in [5.74, 6) is 0.212. The summed E-state index contributed by atoms with van der Waals surface area (Å²) in [7, 11) is 1.57. The Balaban J connectivity index is 1.30. The molecular weight excluding hydrogens is 584 g/mol. The average Bonchev–Trinajstić information content (AvgIpc) is 3.73. The lowest BCUT2D eigenvalue weighted by atomic mass is 10.1. The Bertz CT molecular complexity index is 2010. The van der Waals surface area contributed by atoms with Crippen molar-refractivity contribution < 1.29 is 14.3 Å². The lowest BCUT2D eigenvalue weighted by Crippen LogP contribution is -2.31. The van der Waals surface area contributed by atoms with Gasteiger partial charge in [-0.3, -0.25) is 14.6 Å². The third-order valence-electron chi connectivity index (χ3n) is 7.33. The number of pyridine rings is 1. The molecule has 3 aromatic carbocycles. The van der Waals surface area contributed by atoms with E-state index in [-0.39, 0.29) is 18.4 Å². The van der Waals surface area contributed by atoms with Gasteiger partial charge in [-0.1, -0.05) is 24.3 Å². The summed E-state index contributed by atoms with van der Waals surface area (Å²) in [4.78, 5) is 37.8. The Morgan fingerprint density at radius 2 is 1.84 bits per heavy atom. The molecule has 0 aliphatic heterocycles. The van der Waals surface area contributed by atoms with E-state index in [2.05, 4.69) is 21.4 Å². The minimum atomic E-state index is -0.205. The number of methoxy groups -OCH3 is 1. The van der Waals surface area contributed by atoms with Crippen molar-refractivity contribution in [2.45, 2.75) is 19.6 Å². The maximum atomic E-state index is 14.1. The fourth-order valence-corrected chi connectivity index (χ4v) is 5.90. The molecule has 10 heteroatoms. The van der Waals surface area contributed by atoms with E-state index in [4.69, 9.17) is 10.00 Å². The molecule has 0 saturated heterocycles. The van der Waals surface area contributed by atoms with Gasteiger partial charge in [-0.2, -0.15) is 5.26 Å². The highest BCUT2D eigenvalue weighted by Crippen LogP contribution is 2.31. The van der Waals surface area contributed by atoms with Gasteiger partial charge in [0.05, 0.1) is 42.2 Å². The van der Waals surface area contributed by atoms with E-state index in [1.165, 1.54) is 11.3 Å². The van der Waals surface area contributed by atoms with Crippen LogP contribution in [-0.2, 0) is 19.6 Å². The quantitative estimate of drug-likeness (QED) is 0.197. The number of rotatable bonds is 10. The molecule has 0 aliphatic rings. The lowest BCUT2D eigenvalue weighted by molar-refractivity contribution is 0.0953. The summed E-state index contributed by atoms with van der Waals surface area (Å²) in [6.45, 7) is 1.16. The van der Waals surface area contributed by atoms with Gasteiger partial charge in [0.2, 0.25) is 0 Å². The number of hydrogen-bond donors (Lipinski definition) is 1. The number of nitrogens with zero attached hydrogens (tertiary/aromatic N) is 5. The van der Waals surface area contributed by atoms with Crippen LogP contribution in [-0.4, -0.2) is 33.5 Å². The molecule has 45 heavy (non-hydrogen) atoms. The Morgan fingerprint density at radius 1 is 0.978 bits per heavy atom. The summed E-state index contributed by atoms with van der Waals surface area (Å²) >= 11 is 1.40. The molecule has 0 radical (unpaired) electrons. The van der Waals surface area contributed by atoms with Crippen LogP contribution >= 0.6 is 11.3 Å². The molecule has 0 unspecified atom stereocenters. The molecule has 6 aromatic rings. The van der Waals surface area contributed by atoms with Crippen LogP contribution in [0.2, 0.25) is 0 Å². The first-order valence-corrected chi connectivity index (χ1v) is 15.0. The van der Waals surface area contributed by atoms with Gasteiger partial charge in [-0.15, -0.1) is 11.3 Å². The van der Waals surface area contributed by atoms with Gasteiger partial charge in [-0.05, 0) is 77.2 Å². The normalized spacial score (nSPS) is 10.8. The van der Waals surface area contributed by atoms with E-state index in [1.807, 2.05) is 53.1 Å². The first-order chi connectivity index (χ1) is 22.0. The zero-order valence-electron chi connectivity index (χ0n) is 24.4.